The summed E-state index contributed by atoms with van der Waals surface area (Å²) in [7, 11) is 1.28. The van der Waals surface area contributed by atoms with Gasteiger partial charge in [0.25, 0.3) is 0 Å². The molecule has 0 bridgehead atoms. The third kappa shape index (κ3) is 4.00. The second-order valence-corrected chi connectivity index (χ2v) is 7.37. The van der Waals surface area contributed by atoms with Crippen molar-refractivity contribution in [1.29, 1.82) is 0 Å². The van der Waals surface area contributed by atoms with E-state index in [2.05, 4.69) is 0 Å². The Morgan fingerprint density at radius 2 is 1.66 bits per heavy atom. The summed E-state index contributed by atoms with van der Waals surface area (Å²) in [5.74, 6) is -0.804. The van der Waals surface area contributed by atoms with E-state index >= 15 is 0 Å². The van der Waals surface area contributed by atoms with Crippen LogP contribution in [0, 0.1) is 0 Å². The number of para-hydroxylation sites is 1. The van der Waals surface area contributed by atoms with Gasteiger partial charge in [-0.3, -0.25) is 9.80 Å². The van der Waals surface area contributed by atoms with Crippen LogP contribution in [0.5, 0.6) is 0 Å². The van der Waals surface area contributed by atoms with Crippen molar-refractivity contribution in [2.45, 2.75) is 45.5 Å². The maximum atomic E-state index is 13.2. The summed E-state index contributed by atoms with van der Waals surface area (Å²) in [4.78, 5) is 41.3. The normalized spacial score (nSPS) is 20.6. The Morgan fingerprint density at radius 1 is 0.969 bits per heavy atom. The predicted octanol–water partition coefficient (Wildman–Crippen LogP) is 4.29. The molecule has 0 aliphatic carbocycles. The van der Waals surface area contributed by atoms with Crippen molar-refractivity contribution >= 4 is 23.8 Å². The molecule has 170 valence electrons. The molecule has 4 rings (SSSR count). The quantitative estimate of drug-likeness (QED) is 0.521. The highest BCUT2D eigenvalue weighted by Crippen LogP contribution is 2.50. The van der Waals surface area contributed by atoms with E-state index in [9.17, 15) is 14.4 Å². The molecule has 2 aromatic carbocycles. The smallest absolute Gasteiger partial charge is 0.416 e. The fourth-order valence-corrected chi connectivity index (χ4v) is 4.38. The van der Waals surface area contributed by atoms with E-state index in [0.29, 0.717) is 12.1 Å². The van der Waals surface area contributed by atoms with Crippen LogP contribution in [0.1, 0.15) is 37.8 Å². The fourth-order valence-electron chi connectivity index (χ4n) is 4.38. The summed E-state index contributed by atoms with van der Waals surface area (Å²) in [6.45, 7) is 1.96. The highest BCUT2D eigenvalue weighted by atomic mass is 16.6. The Balaban J connectivity index is 0.00000289. The average Bonchev–Trinajstić information content (AvgIpc) is 3.32. The number of hydrogen-bond donors (Lipinski definition) is 0. The summed E-state index contributed by atoms with van der Waals surface area (Å²) < 4.78 is 15.7. The zero-order valence-electron chi connectivity index (χ0n) is 17.4. The lowest BCUT2D eigenvalue weighted by atomic mass is 9.96. The molecule has 8 nitrogen and oxygen atoms in total. The van der Waals surface area contributed by atoms with Crippen LogP contribution in [0.15, 0.2) is 54.6 Å². The molecule has 2 aliphatic heterocycles. The van der Waals surface area contributed by atoms with Gasteiger partial charge in [0.1, 0.15) is 18.8 Å². The number of esters is 1. The topological polar surface area (TPSA) is 85.4 Å². The first-order chi connectivity index (χ1) is 15.1. The first kappa shape index (κ1) is 23.1. The molecule has 0 saturated carbocycles. The van der Waals surface area contributed by atoms with Gasteiger partial charge in [0.15, 0.2) is 0 Å². The van der Waals surface area contributed by atoms with Crippen molar-refractivity contribution < 1.29 is 28.6 Å². The standard InChI is InChI=1S/C23H24N2O6.CH4/c1-3-30-22(27)24-18-12-8-7-11-16(18)17-13-19(21(26)29-2)25(20(17)24)23(28)31-14-15-9-5-4-6-10-15;/h4-12,17,19-20H,3,13-14H2,1-2H3;1H4. The van der Waals surface area contributed by atoms with Gasteiger partial charge in [-0.15, -0.1) is 0 Å². The Kier molecular flexibility index (Phi) is 7.02. The molecule has 2 aromatic rings. The van der Waals surface area contributed by atoms with Gasteiger partial charge in [-0.1, -0.05) is 56.0 Å². The van der Waals surface area contributed by atoms with Gasteiger partial charge < -0.3 is 14.2 Å². The maximum Gasteiger partial charge on any atom is 0.416 e. The number of likely N-dealkylation sites (tertiary alicyclic amines) is 1. The van der Waals surface area contributed by atoms with Gasteiger partial charge in [-0.05, 0) is 30.5 Å². The van der Waals surface area contributed by atoms with E-state index in [1.807, 2.05) is 54.6 Å². The SMILES string of the molecule is C.CCOC(=O)N1c2ccccc2C2CC(C(=O)OC)N(C(=O)OCc3ccccc3)C21. The van der Waals surface area contributed by atoms with Crippen LogP contribution < -0.4 is 4.90 Å². The maximum absolute atomic E-state index is 13.2. The van der Waals surface area contributed by atoms with Crippen molar-refractivity contribution in [1.82, 2.24) is 4.90 Å². The molecule has 8 heteroatoms. The molecule has 1 saturated heterocycles. The number of hydrogen-bond acceptors (Lipinski definition) is 6. The van der Waals surface area contributed by atoms with Crippen LogP contribution >= 0.6 is 0 Å². The number of methoxy groups -OCH3 is 1. The number of carbonyl (C=O) groups excluding carboxylic acids is 3. The lowest BCUT2D eigenvalue weighted by molar-refractivity contribution is -0.145. The number of amides is 2. The highest BCUT2D eigenvalue weighted by molar-refractivity contribution is 5.94. The zero-order valence-corrected chi connectivity index (χ0v) is 17.4. The van der Waals surface area contributed by atoms with E-state index in [-0.39, 0.29) is 26.6 Å². The predicted molar refractivity (Wildman–Crippen MR) is 118 cm³/mol. The molecule has 32 heavy (non-hydrogen) atoms. The Bertz CT molecular complexity index is 979. The van der Waals surface area contributed by atoms with Crippen LogP contribution in [0.25, 0.3) is 0 Å². The monoisotopic (exact) mass is 440 g/mol. The number of anilines is 1. The molecule has 0 aromatic heterocycles. The number of benzene rings is 2. The molecule has 0 spiro atoms. The molecule has 1 fully saturated rings. The zero-order chi connectivity index (χ0) is 22.0. The summed E-state index contributed by atoms with van der Waals surface area (Å²) in [6.07, 6.45) is -1.67. The van der Waals surface area contributed by atoms with Crippen molar-refractivity contribution in [3.8, 4) is 0 Å². The Labute approximate surface area is 187 Å². The Hall–Kier alpha value is -3.55. The molecule has 2 heterocycles. The highest BCUT2D eigenvalue weighted by Gasteiger charge is 2.57. The number of carbonyl (C=O) groups is 3. The van der Waals surface area contributed by atoms with Crippen LogP contribution in [-0.4, -0.2) is 49.0 Å². The molecular formula is C24H28N2O6. The summed E-state index contributed by atoms with van der Waals surface area (Å²) >= 11 is 0. The van der Waals surface area contributed by atoms with Crippen molar-refractivity contribution in [3.63, 3.8) is 0 Å². The second-order valence-electron chi connectivity index (χ2n) is 7.37. The minimum absolute atomic E-state index is 0. The van der Waals surface area contributed by atoms with E-state index < -0.39 is 30.4 Å². The minimum atomic E-state index is -0.867. The number of rotatable bonds is 4. The first-order valence-corrected chi connectivity index (χ1v) is 10.2. The number of nitrogens with zero attached hydrogens (tertiary/aromatic N) is 2. The van der Waals surface area contributed by atoms with Gasteiger partial charge in [-0.2, -0.15) is 0 Å². The largest absolute Gasteiger partial charge is 0.467 e. The lowest BCUT2D eigenvalue weighted by Crippen LogP contribution is -2.54. The molecule has 0 N–H and O–H groups in total. The van der Waals surface area contributed by atoms with E-state index in [1.54, 1.807) is 6.92 Å². The Morgan fingerprint density at radius 3 is 2.34 bits per heavy atom. The first-order valence-electron chi connectivity index (χ1n) is 10.2. The van der Waals surface area contributed by atoms with Crippen molar-refractivity contribution in [2.75, 3.05) is 18.6 Å². The van der Waals surface area contributed by atoms with Crippen LogP contribution in [-0.2, 0) is 25.6 Å². The van der Waals surface area contributed by atoms with E-state index in [1.165, 1.54) is 16.9 Å². The summed E-state index contributed by atoms with van der Waals surface area (Å²) in [6, 6.07) is 15.8. The van der Waals surface area contributed by atoms with Gasteiger partial charge in [0, 0.05) is 5.92 Å². The van der Waals surface area contributed by atoms with Crippen LogP contribution in [0.2, 0.25) is 0 Å². The lowest BCUT2D eigenvalue weighted by Gasteiger charge is -2.33. The third-order valence-corrected chi connectivity index (χ3v) is 5.67. The van der Waals surface area contributed by atoms with Gasteiger partial charge in [0.2, 0.25) is 0 Å². The van der Waals surface area contributed by atoms with Crippen LogP contribution in [0.3, 0.4) is 0 Å². The average molecular weight is 440 g/mol. The second kappa shape index (κ2) is 9.72. The molecule has 3 unspecified atom stereocenters. The van der Waals surface area contributed by atoms with Crippen molar-refractivity contribution in [2.24, 2.45) is 0 Å². The van der Waals surface area contributed by atoms with E-state index in [4.69, 9.17) is 14.2 Å². The van der Waals surface area contributed by atoms with Gasteiger partial charge in [0.05, 0.1) is 19.4 Å². The van der Waals surface area contributed by atoms with Crippen LogP contribution in [0.4, 0.5) is 15.3 Å². The molecule has 0 radical (unpaired) electrons. The summed E-state index contributed by atoms with van der Waals surface area (Å²) in [5.41, 5.74) is 2.37. The molecule has 3 atom stereocenters. The number of ether oxygens (including phenoxy) is 3. The third-order valence-electron chi connectivity index (χ3n) is 5.67. The summed E-state index contributed by atoms with van der Waals surface area (Å²) in [5, 5.41) is 0. The molecule has 2 aliphatic rings. The molecular weight excluding hydrogens is 412 g/mol. The van der Waals surface area contributed by atoms with Gasteiger partial charge in [-0.25, -0.2) is 14.4 Å². The minimum Gasteiger partial charge on any atom is -0.467 e. The van der Waals surface area contributed by atoms with Gasteiger partial charge >= 0.3 is 18.2 Å². The van der Waals surface area contributed by atoms with Crippen molar-refractivity contribution in [3.05, 3.63) is 65.7 Å². The fraction of sp³-hybridized carbons (Fsp3) is 0.375. The number of fused-ring (bicyclic) bond motifs is 3. The van der Waals surface area contributed by atoms with E-state index in [0.717, 1.165) is 11.1 Å². The molecule has 2 amide bonds.